The highest BCUT2D eigenvalue weighted by molar-refractivity contribution is 9.10. The summed E-state index contributed by atoms with van der Waals surface area (Å²) in [6, 6.07) is 5.07. The van der Waals surface area contributed by atoms with Gasteiger partial charge < -0.3 is 15.2 Å². The van der Waals surface area contributed by atoms with Gasteiger partial charge in [-0.1, -0.05) is 15.9 Å². The van der Waals surface area contributed by atoms with Gasteiger partial charge in [0.15, 0.2) is 11.5 Å². The summed E-state index contributed by atoms with van der Waals surface area (Å²) in [5.74, 6) is -0.131. The maximum atomic E-state index is 11.8. The molecule has 20 heavy (non-hydrogen) atoms. The number of amides is 1. The zero-order valence-corrected chi connectivity index (χ0v) is 12.4. The predicted octanol–water partition coefficient (Wildman–Crippen LogP) is 2.35. The average Bonchev–Trinajstić information content (AvgIpc) is 3.22. The molecule has 1 amide bonds. The highest BCUT2D eigenvalue weighted by Crippen LogP contribution is 2.33. The molecule has 1 saturated carbocycles. The summed E-state index contributed by atoms with van der Waals surface area (Å²) in [5, 5.41) is 21.6. The molecule has 0 aromatic heterocycles. The first-order valence-corrected chi connectivity index (χ1v) is 6.83. The van der Waals surface area contributed by atoms with Gasteiger partial charge in [-0.3, -0.25) is 4.79 Å². The third kappa shape index (κ3) is 3.31. The van der Waals surface area contributed by atoms with Gasteiger partial charge >= 0.3 is 0 Å². The molecule has 0 heterocycles. The van der Waals surface area contributed by atoms with Crippen molar-refractivity contribution in [3.63, 3.8) is 0 Å². The molecule has 0 radical (unpaired) electrons. The normalized spacial score (nSPS) is 14.6. The predicted molar refractivity (Wildman–Crippen MR) is 77.1 cm³/mol. The Morgan fingerprint density at radius 1 is 1.60 bits per heavy atom. The molecule has 0 unspecified atom stereocenters. The number of phenols is 1. The number of aromatic hydroxyl groups is 1. The van der Waals surface area contributed by atoms with Crippen molar-refractivity contribution in [1.82, 2.24) is 5.32 Å². The van der Waals surface area contributed by atoms with Crippen molar-refractivity contribution in [1.29, 1.82) is 5.26 Å². The maximum Gasteiger partial charge on any atom is 0.262 e. The van der Waals surface area contributed by atoms with Crippen molar-refractivity contribution in [2.24, 2.45) is 0 Å². The summed E-state index contributed by atoms with van der Waals surface area (Å²) >= 11 is 3.32. The number of carbonyl (C=O) groups is 1. The van der Waals surface area contributed by atoms with Crippen LogP contribution in [0.15, 0.2) is 22.2 Å². The van der Waals surface area contributed by atoms with Crippen LogP contribution in [0.5, 0.6) is 11.5 Å². The third-order valence-electron chi connectivity index (χ3n) is 2.88. The summed E-state index contributed by atoms with van der Waals surface area (Å²) in [4.78, 5) is 11.8. The maximum absolute atomic E-state index is 11.8. The van der Waals surface area contributed by atoms with Crippen LogP contribution in [-0.2, 0) is 4.79 Å². The van der Waals surface area contributed by atoms with Gasteiger partial charge in [0.25, 0.3) is 5.91 Å². The molecule has 1 aromatic carbocycles. The third-order valence-corrected chi connectivity index (χ3v) is 3.56. The van der Waals surface area contributed by atoms with Gasteiger partial charge in [0.2, 0.25) is 0 Å². The number of ether oxygens (including phenoxy) is 1. The number of nitrogens with one attached hydrogen (secondary N) is 1. The fourth-order valence-corrected chi connectivity index (χ4v) is 2.07. The fraction of sp³-hybridized carbons (Fsp3) is 0.286. The number of halogens is 1. The molecule has 1 aliphatic carbocycles. The van der Waals surface area contributed by atoms with Crippen molar-refractivity contribution >= 4 is 27.9 Å². The topological polar surface area (TPSA) is 82.3 Å². The molecule has 0 atom stereocenters. The van der Waals surface area contributed by atoms with Crippen molar-refractivity contribution in [3.05, 3.63) is 27.7 Å². The molecule has 0 aliphatic heterocycles. The second-order valence-electron chi connectivity index (χ2n) is 4.46. The second kappa shape index (κ2) is 5.97. The lowest BCUT2D eigenvalue weighted by Gasteiger charge is -2.07. The average molecular weight is 337 g/mol. The van der Waals surface area contributed by atoms with E-state index in [1.165, 1.54) is 19.3 Å². The molecule has 1 aliphatic rings. The van der Waals surface area contributed by atoms with Crippen molar-refractivity contribution in [2.75, 3.05) is 7.11 Å². The van der Waals surface area contributed by atoms with Crippen molar-refractivity contribution < 1.29 is 14.6 Å². The standard InChI is InChI=1S/C14H13BrN2O3/c1-20-13-6-11(15)8(5-12(13)18)4-9(7-16)14(19)17-10-2-3-10/h4-6,10,18H,2-3H2,1H3,(H,17,19)/b9-4+. The van der Waals surface area contributed by atoms with E-state index in [-0.39, 0.29) is 17.4 Å². The highest BCUT2D eigenvalue weighted by Gasteiger charge is 2.24. The first-order chi connectivity index (χ1) is 9.55. The quantitative estimate of drug-likeness (QED) is 0.653. The van der Waals surface area contributed by atoms with E-state index in [0.717, 1.165) is 12.8 Å². The fourth-order valence-electron chi connectivity index (χ4n) is 1.63. The Balaban J connectivity index is 2.29. The van der Waals surface area contributed by atoms with Gasteiger partial charge in [0, 0.05) is 10.5 Å². The number of hydrogen-bond donors (Lipinski definition) is 2. The largest absolute Gasteiger partial charge is 0.504 e. The molecular weight excluding hydrogens is 324 g/mol. The smallest absolute Gasteiger partial charge is 0.262 e. The lowest BCUT2D eigenvalue weighted by Crippen LogP contribution is -2.26. The van der Waals surface area contributed by atoms with E-state index < -0.39 is 5.91 Å². The molecule has 0 spiro atoms. The summed E-state index contributed by atoms with van der Waals surface area (Å²) in [6.45, 7) is 0. The molecule has 104 valence electrons. The van der Waals surface area contributed by atoms with Crippen LogP contribution in [0.1, 0.15) is 18.4 Å². The van der Waals surface area contributed by atoms with Crippen molar-refractivity contribution in [2.45, 2.75) is 18.9 Å². The van der Waals surface area contributed by atoms with Gasteiger partial charge in [-0.25, -0.2) is 0 Å². The Bertz CT molecular complexity index is 616. The summed E-state index contributed by atoms with van der Waals surface area (Å²) in [7, 11) is 1.45. The second-order valence-corrected chi connectivity index (χ2v) is 5.32. The Morgan fingerprint density at radius 2 is 2.30 bits per heavy atom. The minimum Gasteiger partial charge on any atom is -0.504 e. The number of hydrogen-bond acceptors (Lipinski definition) is 4. The molecule has 1 aromatic rings. The Morgan fingerprint density at radius 3 is 2.85 bits per heavy atom. The number of rotatable bonds is 4. The van der Waals surface area contributed by atoms with Crippen LogP contribution in [0.25, 0.3) is 6.08 Å². The number of benzene rings is 1. The lowest BCUT2D eigenvalue weighted by atomic mass is 10.1. The molecule has 6 heteroatoms. The van der Waals surface area contributed by atoms with E-state index >= 15 is 0 Å². The molecule has 0 saturated heterocycles. The van der Waals surface area contributed by atoms with E-state index in [1.807, 2.05) is 6.07 Å². The van der Waals surface area contributed by atoms with Crippen LogP contribution < -0.4 is 10.1 Å². The Hall–Kier alpha value is -2.00. The molecule has 2 rings (SSSR count). The van der Waals surface area contributed by atoms with E-state index in [9.17, 15) is 9.90 Å². The SMILES string of the molecule is COc1cc(Br)c(/C=C(\C#N)C(=O)NC2CC2)cc1O. The van der Waals surface area contributed by atoms with Crippen LogP contribution in [-0.4, -0.2) is 24.2 Å². The molecule has 1 fully saturated rings. The Kier molecular flexibility index (Phi) is 4.30. The summed E-state index contributed by atoms with van der Waals surface area (Å²) in [6.07, 6.45) is 3.34. The van der Waals surface area contributed by atoms with Gasteiger partial charge in [0.05, 0.1) is 7.11 Å². The lowest BCUT2D eigenvalue weighted by molar-refractivity contribution is -0.117. The molecule has 0 bridgehead atoms. The zero-order chi connectivity index (χ0) is 14.7. The van der Waals surface area contributed by atoms with E-state index in [2.05, 4.69) is 21.2 Å². The molecular formula is C14H13BrN2O3. The van der Waals surface area contributed by atoms with Gasteiger partial charge in [0.1, 0.15) is 11.6 Å². The minimum absolute atomic E-state index is 0.00201. The van der Waals surface area contributed by atoms with Gasteiger partial charge in [-0.05, 0) is 36.6 Å². The van der Waals surface area contributed by atoms with E-state index in [1.54, 1.807) is 6.07 Å². The van der Waals surface area contributed by atoms with Crippen LogP contribution >= 0.6 is 15.9 Å². The number of nitrogens with zero attached hydrogens (tertiary/aromatic N) is 1. The van der Waals surface area contributed by atoms with Gasteiger partial charge in [-0.15, -0.1) is 0 Å². The van der Waals surface area contributed by atoms with Crippen LogP contribution in [0.3, 0.4) is 0 Å². The van der Waals surface area contributed by atoms with Crippen LogP contribution in [0, 0.1) is 11.3 Å². The van der Waals surface area contributed by atoms with Gasteiger partial charge in [-0.2, -0.15) is 5.26 Å². The number of carbonyl (C=O) groups excluding carboxylic acids is 1. The van der Waals surface area contributed by atoms with Crippen molar-refractivity contribution in [3.8, 4) is 17.6 Å². The zero-order valence-electron chi connectivity index (χ0n) is 10.8. The number of methoxy groups -OCH3 is 1. The van der Waals surface area contributed by atoms with Crippen LogP contribution in [0.4, 0.5) is 0 Å². The number of nitriles is 1. The summed E-state index contributed by atoms with van der Waals surface area (Å²) < 4.78 is 5.60. The van der Waals surface area contributed by atoms with E-state index in [4.69, 9.17) is 10.00 Å². The number of phenolic OH excluding ortho intramolecular Hbond substituents is 1. The first-order valence-electron chi connectivity index (χ1n) is 6.04. The van der Waals surface area contributed by atoms with Crippen LogP contribution in [0.2, 0.25) is 0 Å². The monoisotopic (exact) mass is 336 g/mol. The highest BCUT2D eigenvalue weighted by atomic mass is 79.9. The Labute approximate surface area is 125 Å². The summed E-state index contributed by atoms with van der Waals surface area (Å²) in [5.41, 5.74) is 0.535. The minimum atomic E-state index is -0.391. The molecule has 5 nitrogen and oxygen atoms in total. The first kappa shape index (κ1) is 14.4. The van der Waals surface area contributed by atoms with E-state index in [0.29, 0.717) is 15.8 Å². The molecule has 2 N–H and O–H groups in total.